The van der Waals surface area contributed by atoms with Gasteiger partial charge in [-0.1, -0.05) is 91.0 Å². The van der Waals surface area contributed by atoms with E-state index < -0.39 is 31.0 Å². The first kappa shape index (κ1) is 22.3. The fourth-order valence-electron chi connectivity index (χ4n) is 3.79. The van der Waals surface area contributed by atoms with Gasteiger partial charge in [0.25, 0.3) is 0 Å². The van der Waals surface area contributed by atoms with E-state index in [1.54, 1.807) is 7.11 Å². The highest BCUT2D eigenvalue weighted by molar-refractivity contribution is 5.15. The average molecular weight is 450 g/mol. The van der Waals surface area contributed by atoms with Crippen molar-refractivity contribution in [2.75, 3.05) is 13.7 Å². The fraction of sp³-hybridized carbons (Fsp3) is 0.357. The Morgan fingerprint density at radius 2 is 1.27 bits per heavy atom. The average Bonchev–Trinajstić information content (AvgIpc) is 2.89. The summed E-state index contributed by atoms with van der Waals surface area (Å²) in [5, 5.41) is 0. The van der Waals surface area contributed by atoms with Crippen LogP contribution in [-0.2, 0) is 43.5 Å². The molecule has 5 heteroatoms. The van der Waals surface area contributed by atoms with Crippen molar-refractivity contribution in [3.63, 3.8) is 0 Å². The fourth-order valence-corrected chi connectivity index (χ4v) is 3.79. The molecule has 0 bridgehead atoms. The molecule has 0 aliphatic carbocycles. The monoisotopic (exact) mass is 449 g/mol. The van der Waals surface area contributed by atoms with Crippen molar-refractivity contribution in [1.82, 2.24) is 0 Å². The van der Waals surface area contributed by atoms with E-state index >= 15 is 0 Å². The van der Waals surface area contributed by atoms with Crippen LogP contribution in [-0.4, -0.2) is 38.3 Å². The van der Waals surface area contributed by atoms with Gasteiger partial charge in [-0.2, -0.15) is 0 Å². The number of hydrogen-bond donors (Lipinski definition) is 0. The molecule has 0 amide bonds. The number of methoxy groups -OCH3 is 1. The van der Waals surface area contributed by atoms with Crippen molar-refractivity contribution in [3.05, 3.63) is 108 Å². The first-order valence-corrected chi connectivity index (χ1v) is 11.3. The normalized spacial score (nSPS) is 25.5. The third-order valence-electron chi connectivity index (χ3n) is 5.54. The van der Waals surface area contributed by atoms with Gasteiger partial charge >= 0.3 is 0 Å². The van der Waals surface area contributed by atoms with Crippen molar-refractivity contribution >= 4 is 0 Å². The SMILES string of the molecule is [2H][C@@H]1[C@@H](OC)O[C@H](COCc2ccccc2)[C@@H](OCc2ccccc2)[C@H]1OCc1ccccc1. The smallest absolute Gasteiger partial charge is 0.160 e. The van der Waals surface area contributed by atoms with Gasteiger partial charge in [0.1, 0.15) is 12.2 Å². The van der Waals surface area contributed by atoms with E-state index in [4.69, 9.17) is 25.1 Å². The minimum Gasteiger partial charge on any atom is -0.374 e. The lowest BCUT2D eigenvalue weighted by atomic mass is 10.0. The minimum atomic E-state index is -0.764. The maximum atomic E-state index is 8.77. The topological polar surface area (TPSA) is 46.2 Å². The molecular weight excluding hydrogens is 416 g/mol. The summed E-state index contributed by atoms with van der Waals surface area (Å²) in [5.41, 5.74) is 3.16. The van der Waals surface area contributed by atoms with Gasteiger partial charge in [0.05, 0.1) is 32.5 Å². The number of hydrogen-bond acceptors (Lipinski definition) is 5. The molecule has 1 saturated heterocycles. The molecular formula is C28H32O5. The van der Waals surface area contributed by atoms with Crippen molar-refractivity contribution in [1.29, 1.82) is 0 Å². The molecule has 5 atom stereocenters. The summed E-state index contributed by atoms with van der Waals surface area (Å²) in [7, 11) is 1.55. The molecule has 0 saturated carbocycles. The molecule has 1 heterocycles. The maximum Gasteiger partial charge on any atom is 0.160 e. The molecule has 1 aliphatic rings. The zero-order valence-corrected chi connectivity index (χ0v) is 18.9. The molecule has 0 unspecified atom stereocenters. The summed E-state index contributed by atoms with van der Waals surface area (Å²) < 4.78 is 39.0. The van der Waals surface area contributed by atoms with Crippen LogP contribution in [0, 0.1) is 0 Å². The predicted molar refractivity (Wildman–Crippen MR) is 126 cm³/mol. The second-order valence-corrected chi connectivity index (χ2v) is 7.99. The summed E-state index contributed by atoms with van der Waals surface area (Å²) in [6, 6.07) is 29.9. The zero-order valence-electron chi connectivity index (χ0n) is 19.9. The second-order valence-electron chi connectivity index (χ2n) is 7.99. The Morgan fingerprint density at radius 1 is 0.758 bits per heavy atom. The van der Waals surface area contributed by atoms with Crippen molar-refractivity contribution < 1.29 is 25.1 Å². The van der Waals surface area contributed by atoms with Crippen LogP contribution in [0.5, 0.6) is 0 Å². The first-order valence-electron chi connectivity index (χ1n) is 11.9. The Hall–Kier alpha value is -2.54. The number of benzene rings is 3. The molecule has 1 aliphatic heterocycles. The molecule has 1 fully saturated rings. The van der Waals surface area contributed by atoms with E-state index in [1.165, 1.54) is 0 Å². The lowest BCUT2D eigenvalue weighted by Crippen LogP contribution is -2.52. The highest BCUT2D eigenvalue weighted by Crippen LogP contribution is 2.28. The molecule has 4 rings (SSSR count). The van der Waals surface area contributed by atoms with Gasteiger partial charge in [-0.25, -0.2) is 0 Å². The summed E-state index contributed by atoms with van der Waals surface area (Å²) in [5.74, 6) is 0. The Kier molecular flexibility index (Phi) is 8.52. The van der Waals surface area contributed by atoms with Crippen LogP contribution in [0.4, 0.5) is 0 Å². The highest BCUT2D eigenvalue weighted by atomic mass is 16.7. The van der Waals surface area contributed by atoms with Crippen molar-refractivity contribution in [2.24, 2.45) is 0 Å². The van der Waals surface area contributed by atoms with Crippen molar-refractivity contribution in [2.45, 2.75) is 50.8 Å². The minimum absolute atomic E-state index is 0.298. The molecule has 5 nitrogen and oxygen atoms in total. The molecule has 0 aromatic heterocycles. The summed E-state index contributed by atoms with van der Waals surface area (Å²) in [4.78, 5) is 0. The van der Waals surface area contributed by atoms with Crippen LogP contribution < -0.4 is 0 Å². The molecule has 0 N–H and O–H groups in total. The summed E-state index contributed by atoms with van der Waals surface area (Å²) in [6.45, 7) is 1.52. The van der Waals surface area contributed by atoms with Gasteiger partial charge in [0.2, 0.25) is 0 Å². The van der Waals surface area contributed by atoms with E-state index in [2.05, 4.69) is 0 Å². The van der Waals surface area contributed by atoms with E-state index in [-0.39, 0.29) is 0 Å². The quantitative estimate of drug-likeness (QED) is 0.406. The Labute approximate surface area is 197 Å². The van der Waals surface area contributed by atoms with Crippen LogP contribution in [0.1, 0.15) is 24.5 Å². The Bertz CT molecular complexity index is 956. The highest BCUT2D eigenvalue weighted by Gasteiger charge is 2.40. The van der Waals surface area contributed by atoms with Gasteiger partial charge in [-0.3, -0.25) is 0 Å². The molecule has 0 spiro atoms. The first-order chi connectivity index (χ1) is 16.7. The predicted octanol–water partition coefficient (Wildman–Crippen LogP) is 5.14. The molecule has 0 radical (unpaired) electrons. The van der Waals surface area contributed by atoms with Gasteiger partial charge in [-0.05, 0) is 16.7 Å². The van der Waals surface area contributed by atoms with Gasteiger partial charge < -0.3 is 23.7 Å². The zero-order chi connectivity index (χ0) is 23.6. The molecule has 3 aromatic carbocycles. The van der Waals surface area contributed by atoms with E-state index in [0.717, 1.165) is 16.7 Å². The number of rotatable bonds is 11. The van der Waals surface area contributed by atoms with Gasteiger partial charge in [0, 0.05) is 14.9 Å². The standard InChI is InChI=1S/C28H32O5/c1-29-27-17-25(31-19-23-13-7-3-8-14-23)28(32-20-24-15-9-4-10-16-24)26(33-27)21-30-18-22-11-5-2-6-12-22/h2-16,25-28H,17-21H2,1H3/t25-,26+,27-,28-/m0/s1/i17D/t17-,25-,26+,27-,28-. The van der Waals surface area contributed by atoms with Crippen LogP contribution >= 0.6 is 0 Å². The lowest BCUT2D eigenvalue weighted by molar-refractivity contribution is -0.272. The maximum absolute atomic E-state index is 8.77. The van der Waals surface area contributed by atoms with E-state index in [9.17, 15) is 0 Å². The Balaban J connectivity index is 1.48. The molecule has 174 valence electrons. The van der Waals surface area contributed by atoms with Crippen LogP contribution in [0.2, 0.25) is 0 Å². The van der Waals surface area contributed by atoms with Crippen LogP contribution in [0.25, 0.3) is 0 Å². The van der Waals surface area contributed by atoms with Gasteiger partial charge in [0.15, 0.2) is 6.29 Å². The van der Waals surface area contributed by atoms with Crippen LogP contribution in [0.15, 0.2) is 91.0 Å². The van der Waals surface area contributed by atoms with Crippen molar-refractivity contribution in [3.8, 4) is 0 Å². The second kappa shape index (κ2) is 12.6. The third-order valence-corrected chi connectivity index (χ3v) is 5.54. The largest absolute Gasteiger partial charge is 0.374 e. The summed E-state index contributed by atoms with van der Waals surface area (Å²) >= 11 is 0. The molecule has 33 heavy (non-hydrogen) atoms. The number of ether oxygens (including phenoxy) is 5. The Morgan fingerprint density at radius 3 is 1.82 bits per heavy atom. The lowest BCUT2D eigenvalue weighted by Gasteiger charge is -2.41. The third kappa shape index (κ3) is 7.22. The van der Waals surface area contributed by atoms with E-state index in [1.807, 2.05) is 91.0 Å². The summed E-state index contributed by atoms with van der Waals surface area (Å²) in [6.07, 6.45) is -2.98. The van der Waals surface area contributed by atoms with Gasteiger partial charge in [-0.15, -0.1) is 0 Å². The van der Waals surface area contributed by atoms with Crippen LogP contribution in [0.3, 0.4) is 0 Å². The molecule has 3 aromatic rings. The van der Waals surface area contributed by atoms with E-state index in [0.29, 0.717) is 26.4 Å².